The van der Waals surface area contributed by atoms with Gasteiger partial charge in [0.1, 0.15) is 0 Å². The van der Waals surface area contributed by atoms with Crippen LogP contribution in [-0.4, -0.2) is 23.3 Å². The van der Waals surface area contributed by atoms with Crippen LogP contribution in [-0.2, 0) is 0 Å². The van der Waals surface area contributed by atoms with Crippen LogP contribution in [0.15, 0.2) is 249 Å². The Bertz CT molecular complexity index is 4590. The van der Waals surface area contributed by atoms with Crippen LogP contribution in [0.4, 0.5) is 0 Å². The molecule has 5 heteroatoms. The summed E-state index contributed by atoms with van der Waals surface area (Å²) in [5.74, 6) is 0. The van der Waals surface area contributed by atoms with Crippen molar-refractivity contribution in [1.82, 2.24) is 23.3 Å². The molecule has 0 saturated heterocycles. The lowest BCUT2D eigenvalue weighted by Crippen LogP contribution is -2.00. The van der Waals surface area contributed by atoms with Crippen LogP contribution in [0.5, 0.6) is 0 Å². The molecule has 326 valence electrons. The first-order valence-corrected chi connectivity index (χ1v) is 24.0. The topological polar surface area (TPSA) is 32.6 Å². The Morgan fingerprint density at radius 3 is 1.26 bits per heavy atom. The fraction of sp³-hybridized carbons (Fsp3) is 0. The Balaban J connectivity index is 0.979. The van der Waals surface area contributed by atoms with Gasteiger partial charge in [-0.3, -0.25) is 0 Å². The third-order valence-corrected chi connectivity index (χ3v) is 14.5. The molecule has 0 bridgehead atoms. The molecule has 0 atom stereocenters. The monoisotopic (exact) mass is 891 g/mol. The maximum Gasteiger partial charge on any atom is 0.0788 e. The van der Waals surface area contributed by atoms with Gasteiger partial charge >= 0.3 is 0 Å². The van der Waals surface area contributed by atoms with Gasteiger partial charge in [-0.05, 0) is 84.9 Å². The molecule has 5 heterocycles. The van der Waals surface area contributed by atoms with E-state index in [1.54, 1.807) is 0 Å². The average Bonchev–Trinajstić information content (AvgIpc) is 4.17. The third-order valence-electron chi connectivity index (χ3n) is 14.5. The number of pyridine rings is 1. The van der Waals surface area contributed by atoms with Crippen molar-refractivity contribution in [3.05, 3.63) is 249 Å². The predicted octanol–water partition coefficient (Wildman–Crippen LogP) is 16.8. The van der Waals surface area contributed by atoms with Crippen LogP contribution < -0.4 is 0 Å². The number of hydrogen-bond acceptors (Lipinski definition) is 1. The van der Waals surface area contributed by atoms with E-state index in [1.807, 2.05) is 6.07 Å². The molecule has 0 radical (unpaired) electrons. The largest absolute Gasteiger partial charge is 0.309 e. The normalized spacial score (nSPS) is 12.0. The highest BCUT2D eigenvalue weighted by Crippen LogP contribution is 2.45. The number of fused-ring (bicyclic) bond motifs is 14. The van der Waals surface area contributed by atoms with Crippen LogP contribution in [0.25, 0.3) is 132 Å². The number of aromatic nitrogens is 5. The summed E-state index contributed by atoms with van der Waals surface area (Å²) in [7, 11) is 0. The molecule has 5 nitrogen and oxygen atoms in total. The number of benzene rings is 10. The van der Waals surface area contributed by atoms with Crippen molar-refractivity contribution in [2.24, 2.45) is 0 Å². The summed E-state index contributed by atoms with van der Waals surface area (Å²) in [6.07, 6.45) is 0. The van der Waals surface area contributed by atoms with Gasteiger partial charge in [0.2, 0.25) is 0 Å². The zero-order chi connectivity index (χ0) is 45.9. The molecule has 0 unspecified atom stereocenters. The first-order valence-electron chi connectivity index (χ1n) is 24.0. The Morgan fingerprint density at radius 2 is 0.629 bits per heavy atom. The Kier molecular flexibility index (Phi) is 8.29. The van der Waals surface area contributed by atoms with Crippen LogP contribution in [0.3, 0.4) is 0 Å². The minimum atomic E-state index is 0.941. The first-order chi connectivity index (χ1) is 34.8. The molecule has 0 aliphatic rings. The summed E-state index contributed by atoms with van der Waals surface area (Å²) in [5, 5.41) is 9.79. The van der Waals surface area contributed by atoms with Crippen molar-refractivity contribution in [2.45, 2.75) is 0 Å². The van der Waals surface area contributed by atoms with Gasteiger partial charge < -0.3 is 18.3 Å². The molecule has 15 aromatic rings. The lowest BCUT2D eigenvalue weighted by molar-refractivity contribution is 1.12. The summed E-state index contributed by atoms with van der Waals surface area (Å²) in [6, 6.07) is 90.2. The molecule has 0 fully saturated rings. The van der Waals surface area contributed by atoms with E-state index in [0.29, 0.717) is 0 Å². The van der Waals surface area contributed by atoms with E-state index in [4.69, 9.17) is 4.98 Å². The second-order valence-electron chi connectivity index (χ2n) is 18.3. The zero-order valence-electron chi connectivity index (χ0n) is 37.9. The van der Waals surface area contributed by atoms with E-state index in [-0.39, 0.29) is 0 Å². The predicted molar refractivity (Wildman–Crippen MR) is 292 cm³/mol. The molecular formula is C65H41N5. The van der Waals surface area contributed by atoms with Gasteiger partial charge in [0.15, 0.2) is 0 Å². The fourth-order valence-electron chi connectivity index (χ4n) is 11.6. The van der Waals surface area contributed by atoms with Gasteiger partial charge in [0.25, 0.3) is 0 Å². The number of nitrogens with zero attached hydrogens (tertiary/aromatic N) is 5. The summed E-state index contributed by atoms with van der Waals surface area (Å²) < 4.78 is 9.89. The highest BCUT2D eigenvalue weighted by molar-refractivity contribution is 6.27. The second-order valence-corrected chi connectivity index (χ2v) is 18.3. The van der Waals surface area contributed by atoms with E-state index in [0.717, 1.165) is 61.8 Å². The van der Waals surface area contributed by atoms with E-state index in [2.05, 4.69) is 261 Å². The molecule has 10 aromatic carbocycles. The average molecular weight is 892 g/mol. The van der Waals surface area contributed by atoms with Crippen molar-refractivity contribution < 1.29 is 0 Å². The Morgan fingerprint density at radius 1 is 0.229 bits per heavy atom. The minimum absolute atomic E-state index is 0.941. The lowest BCUT2D eigenvalue weighted by Gasteiger charge is -2.15. The molecule has 0 N–H and O–H groups in total. The molecule has 0 saturated carbocycles. The number of hydrogen-bond donors (Lipinski definition) is 0. The van der Waals surface area contributed by atoms with Crippen LogP contribution in [0, 0.1) is 0 Å². The summed E-state index contributed by atoms with van der Waals surface area (Å²) >= 11 is 0. The maximum absolute atomic E-state index is 5.17. The molecule has 0 aliphatic carbocycles. The molecule has 5 aromatic heterocycles. The van der Waals surface area contributed by atoms with E-state index < -0.39 is 0 Å². The van der Waals surface area contributed by atoms with Gasteiger partial charge in [0.05, 0.1) is 55.5 Å². The van der Waals surface area contributed by atoms with Crippen molar-refractivity contribution >= 4 is 87.2 Å². The quantitative estimate of drug-likeness (QED) is 0.164. The Labute approximate surface area is 402 Å². The van der Waals surface area contributed by atoms with Crippen LogP contribution in [0.1, 0.15) is 0 Å². The molecule has 0 amide bonds. The lowest BCUT2D eigenvalue weighted by atomic mass is 10.1. The van der Waals surface area contributed by atoms with Gasteiger partial charge in [-0.15, -0.1) is 0 Å². The standard InChI is InChI=1S/C65H41N5/c1-3-18-42(19-4-1)55-30-17-31-56(66-55)43-20-15-23-45(40-43)69-58-33-12-7-26-48(58)51-38-39-61-62(63(51)69)54-29-10-14-35-60(54)67(61)46-24-16-25-47(41-46)70-59-34-13-9-28-50(59)53-37-36-52-49-27-8-11-32-57(49)68(64(52)65(53)70)44-21-5-2-6-22-44/h1-41H. The summed E-state index contributed by atoms with van der Waals surface area (Å²) in [6.45, 7) is 0. The highest BCUT2D eigenvalue weighted by atomic mass is 15.1. The molecular weight excluding hydrogens is 851 g/mol. The SMILES string of the molecule is c1ccc(-c2cccc(-c3cccc(-n4c5ccccc5c5ccc6c(c7ccccc7n6-c6cccc(-n7c8ccccc8c8ccc9c%10ccccc%10n(-c%10ccccc%10)c9c87)c6)c54)c3)n2)cc1. The minimum Gasteiger partial charge on any atom is -0.309 e. The number of rotatable bonds is 6. The summed E-state index contributed by atoms with van der Waals surface area (Å²) in [4.78, 5) is 5.17. The van der Waals surface area contributed by atoms with Gasteiger partial charge in [0, 0.05) is 77.0 Å². The summed E-state index contributed by atoms with van der Waals surface area (Å²) in [5.41, 5.74) is 17.9. The number of para-hydroxylation sites is 5. The second kappa shape index (κ2) is 15.0. The zero-order valence-corrected chi connectivity index (χ0v) is 37.9. The van der Waals surface area contributed by atoms with Crippen molar-refractivity contribution in [2.75, 3.05) is 0 Å². The molecule has 70 heavy (non-hydrogen) atoms. The molecule has 0 aliphatic heterocycles. The molecule has 15 rings (SSSR count). The van der Waals surface area contributed by atoms with E-state index in [9.17, 15) is 0 Å². The van der Waals surface area contributed by atoms with Gasteiger partial charge in [-0.25, -0.2) is 4.98 Å². The van der Waals surface area contributed by atoms with Gasteiger partial charge in [-0.1, -0.05) is 164 Å². The van der Waals surface area contributed by atoms with Gasteiger partial charge in [-0.2, -0.15) is 0 Å². The highest BCUT2D eigenvalue weighted by Gasteiger charge is 2.24. The molecule has 0 spiro atoms. The van der Waals surface area contributed by atoms with Crippen LogP contribution in [0.2, 0.25) is 0 Å². The van der Waals surface area contributed by atoms with Crippen molar-refractivity contribution in [1.29, 1.82) is 0 Å². The maximum atomic E-state index is 5.17. The van der Waals surface area contributed by atoms with Crippen molar-refractivity contribution in [3.8, 4) is 45.3 Å². The fourth-order valence-corrected chi connectivity index (χ4v) is 11.6. The van der Waals surface area contributed by atoms with Crippen LogP contribution >= 0.6 is 0 Å². The van der Waals surface area contributed by atoms with E-state index in [1.165, 1.54) is 70.7 Å². The first kappa shape index (κ1) is 38.6. The third kappa shape index (κ3) is 5.57. The van der Waals surface area contributed by atoms with E-state index >= 15 is 0 Å². The smallest absolute Gasteiger partial charge is 0.0788 e. The Hall–Kier alpha value is -9.45. The van der Waals surface area contributed by atoms with Crippen molar-refractivity contribution in [3.63, 3.8) is 0 Å².